The summed E-state index contributed by atoms with van der Waals surface area (Å²) in [5.74, 6) is 4.68. The normalized spacial score (nSPS) is 18.8. The van der Waals surface area contributed by atoms with Gasteiger partial charge in [-0.15, -0.1) is 0 Å². The van der Waals surface area contributed by atoms with E-state index in [1.54, 1.807) is 7.11 Å². The number of benzene rings is 1. The second kappa shape index (κ2) is 7.38. The van der Waals surface area contributed by atoms with Crippen LogP contribution in [0.2, 0.25) is 0 Å². The molecular formula is C16H20N2OS2. The summed E-state index contributed by atoms with van der Waals surface area (Å²) in [5, 5.41) is 5.39. The molecule has 1 aliphatic heterocycles. The van der Waals surface area contributed by atoms with Gasteiger partial charge < -0.3 is 10.1 Å². The first-order chi connectivity index (χ1) is 10.4. The molecule has 3 rings (SSSR count). The quantitative estimate of drug-likeness (QED) is 0.915. The van der Waals surface area contributed by atoms with Gasteiger partial charge in [-0.25, -0.2) is 4.98 Å². The largest absolute Gasteiger partial charge is 0.494 e. The summed E-state index contributed by atoms with van der Waals surface area (Å²) in [6.45, 7) is 1.87. The fourth-order valence-corrected chi connectivity index (χ4v) is 5.09. The molecule has 0 aliphatic carbocycles. The molecule has 21 heavy (non-hydrogen) atoms. The molecule has 1 aromatic carbocycles. The Balaban J connectivity index is 1.64. The highest BCUT2D eigenvalue weighted by Crippen LogP contribution is 2.24. The van der Waals surface area contributed by atoms with Gasteiger partial charge in [0.1, 0.15) is 11.3 Å². The number of hydrogen-bond acceptors (Lipinski definition) is 5. The van der Waals surface area contributed by atoms with E-state index in [1.165, 1.54) is 17.3 Å². The monoisotopic (exact) mass is 320 g/mol. The first-order valence-electron chi connectivity index (χ1n) is 7.19. The average molecular weight is 320 g/mol. The summed E-state index contributed by atoms with van der Waals surface area (Å²) < 4.78 is 5.39. The molecule has 5 heteroatoms. The van der Waals surface area contributed by atoms with Crippen molar-refractivity contribution in [1.82, 2.24) is 10.3 Å². The van der Waals surface area contributed by atoms with E-state index in [2.05, 4.69) is 47.0 Å². The standard InChI is InChI=1S/C16H20N2OS2/c1-19-15-4-2-3-12-5-6-13(18-16(12)15)9-17-10-14-11-20-7-8-21-14/h2-6,14,17H,7-11H2,1H3. The zero-order valence-electron chi connectivity index (χ0n) is 12.2. The number of ether oxygens (including phenoxy) is 1. The number of pyridine rings is 1. The lowest BCUT2D eigenvalue weighted by Gasteiger charge is -2.21. The number of nitrogens with zero attached hydrogens (tertiary/aromatic N) is 1. The van der Waals surface area contributed by atoms with E-state index in [0.29, 0.717) is 0 Å². The van der Waals surface area contributed by atoms with E-state index in [4.69, 9.17) is 9.72 Å². The summed E-state index contributed by atoms with van der Waals surface area (Å²) in [4.78, 5) is 4.73. The third-order valence-corrected chi connectivity index (χ3v) is 6.37. The van der Waals surface area contributed by atoms with E-state index in [1.807, 2.05) is 12.1 Å². The van der Waals surface area contributed by atoms with Crippen LogP contribution in [-0.4, -0.2) is 41.1 Å². The van der Waals surface area contributed by atoms with E-state index < -0.39 is 0 Å². The van der Waals surface area contributed by atoms with Gasteiger partial charge in [0.25, 0.3) is 0 Å². The number of rotatable bonds is 5. The van der Waals surface area contributed by atoms with Crippen molar-refractivity contribution in [3.05, 3.63) is 36.0 Å². The smallest absolute Gasteiger partial charge is 0.145 e. The second-order valence-electron chi connectivity index (χ2n) is 5.03. The molecule has 2 aromatic rings. The average Bonchev–Trinajstić information content (AvgIpc) is 2.55. The lowest BCUT2D eigenvalue weighted by Crippen LogP contribution is -2.28. The molecule has 0 bridgehead atoms. The molecule has 112 valence electrons. The maximum Gasteiger partial charge on any atom is 0.145 e. The summed E-state index contributed by atoms with van der Waals surface area (Å²) in [6.07, 6.45) is 0. The zero-order chi connectivity index (χ0) is 14.5. The minimum atomic E-state index is 0.735. The molecule has 1 aromatic heterocycles. The summed E-state index contributed by atoms with van der Waals surface area (Å²) in [7, 11) is 1.69. The molecule has 3 nitrogen and oxygen atoms in total. The number of aromatic nitrogens is 1. The molecule has 0 saturated carbocycles. The van der Waals surface area contributed by atoms with Crippen molar-refractivity contribution in [1.29, 1.82) is 0 Å². The number of hydrogen-bond donors (Lipinski definition) is 1. The molecule has 1 atom stereocenters. The summed E-state index contributed by atoms with van der Waals surface area (Å²) >= 11 is 4.15. The molecule has 1 fully saturated rings. The van der Waals surface area contributed by atoms with Gasteiger partial charge in [-0.3, -0.25) is 0 Å². The van der Waals surface area contributed by atoms with Gasteiger partial charge in [0, 0.05) is 41.0 Å². The molecule has 0 amide bonds. The predicted octanol–water partition coefficient (Wildman–Crippen LogP) is 3.18. The van der Waals surface area contributed by atoms with Crippen LogP contribution in [0.25, 0.3) is 10.9 Å². The van der Waals surface area contributed by atoms with Crippen molar-refractivity contribution >= 4 is 34.4 Å². The van der Waals surface area contributed by atoms with Crippen molar-refractivity contribution < 1.29 is 4.74 Å². The Kier molecular flexibility index (Phi) is 5.27. The van der Waals surface area contributed by atoms with Crippen LogP contribution >= 0.6 is 23.5 Å². The Bertz CT molecular complexity index is 600. The number of fused-ring (bicyclic) bond motifs is 1. The molecule has 1 N–H and O–H groups in total. The lowest BCUT2D eigenvalue weighted by atomic mass is 10.2. The highest BCUT2D eigenvalue weighted by molar-refractivity contribution is 8.06. The van der Waals surface area contributed by atoms with E-state index >= 15 is 0 Å². The third-order valence-electron chi connectivity index (χ3n) is 3.52. The molecule has 1 unspecified atom stereocenters. The first-order valence-corrected chi connectivity index (χ1v) is 9.40. The van der Waals surface area contributed by atoms with Crippen molar-refractivity contribution in [2.24, 2.45) is 0 Å². The third kappa shape index (κ3) is 3.84. The van der Waals surface area contributed by atoms with Crippen LogP contribution in [-0.2, 0) is 6.54 Å². The minimum Gasteiger partial charge on any atom is -0.494 e. The topological polar surface area (TPSA) is 34.1 Å². The fraction of sp³-hybridized carbons (Fsp3) is 0.438. The SMILES string of the molecule is COc1cccc2ccc(CNCC3CSCCS3)nc12. The maximum atomic E-state index is 5.39. The van der Waals surface area contributed by atoms with Gasteiger partial charge >= 0.3 is 0 Å². The second-order valence-corrected chi connectivity index (χ2v) is 7.59. The molecule has 1 aliphatic rings. The van der Waals surface area contributed by atoms with Crippen molar-refractivity contribution in [3.8, 4) is 5.75 Å². The number of nitrogens with one attached hydrogen (secondary N) is 1. The Labute approximate surface area is 134 Å². The maximum absolute atomic E-state index is 5.39. The molecule has 2 heterocycles. The Morgan fingerprint density at radius 1 is 1.29 bits per heavy atom. The van der Waals surface area contributed by atoms with E-state index in [0.717, 1.165) is 40.7 Å². The van der Waals surface area contributed by atoms with Crippen molar-refractivity contribution in [2.75, 3.05) is 30.9 Å². The van der Waals surface area contributed by atoms with Gasteiger partial charge in [-0.05, 0) is 12.1 Å². The molecule has 0 radical (unpaired) electrons. The number of methoxy groups -OCH3 is 1. The van der Waals surface area contributed by atoms with Gasteiger partial charge in [0.15, 0.2) is 0 Å². The molecule has 0 spiro atoms. The van der Waals surface area contributed by atoms with Crippen LogP contribution in [0.3, 0.4) is 0 Å². The van der Waals surface area contributed by atoms with Crippen LogP contribution in [0.5, 0.6) is 5.75 Å². The van der Waals surface area contributed by atoms with E-state index in [9.17, 15) is 0 Å². The zero-order valence-corrected chi connectivity index (χ0v) is 13.8. The van der Waals surface area contributed by atoms with Gasteiger partial charge in [-0.1, -0.05) is 18.2 Å². The van der Waals surface area contributed by atoms with Crippen molar-refractivity contribution in [3.63, 3.8) is 0 Å². The van der Waals surface area contributed by atoms with Crippen molar-refractivity contribution in [2.45, 2.75) is 11.8 Å². The Hall–Kier alpha value is -0.910. The van der Waals surface area contributed by atoms with Crippen LogP contribution in [0, 0.1) is 0 Å². The van der Waals surface area contributed by atoms with Crippen LogP contribution in [0.15, 0.2) is 30.3 Å². The Morgan fingerprint density at radius 3 is 3.05 bits per heavy atom. The first kappa shape index (κ1) is 15.0. The van der Waals surface area contributed by atoms with Crippen LogP contribution < -0.4 is 10.1 Å². The predicted molar refractivity (Wildman–Crippen MR) is 93.6 cm³/mol. The summed E-state index contributed by atoms with van der Waals surface area (Å²) in [6, 6.07) is 10.2. The minimum absolute atomic E-state index is 0.735. The molecule has 1 saturated heterocycles. The van der Waals surface area contributed by atoms with Crippen LogP contribution in [0.1, 0.15) is 5.69 Å². The fourth-order valence-electron chi connectivity index (χ4n) is 2.44. The van der Waals surface area contributed by atoms with Gasteiger partial charge in [-0.2, -0.15) is 23.5 Å². The lowest BCUT2D eigenvalue weighted by molar-refractivity contribution is 0.418. The molecular weight excluding hydrogens is 300 g/mol. The Morgan fingerprint density at radius 2 is 2.24 bits per heavy atom. The highest BCUT2D eigenvalue weighted by atomic mass is 32.2. The van der Waals surface area contributed by atoms with Gasteiger partial charge in [0.2, 0.25) is 0 Å². The number of para-hydroxylation sites is 1. The van der Waals surface area contributed by atoms with Gasteiger partial charge in [0.05, 0.1) is 12.8 Å². The van der Waals surface area contributed by atoms with E-state index in [-0.39, 0.29) is 0 Å². The van der Waals surface area contributed by atoms with Crippen LogP contribution in [0.4, 0.5) is 0 Å². The number of thioether (sulfide) groups is 2. The highest BCUT2D eigenvalue weighted by Gasteiger charge is 2.13. The summed E-state index contributed by atoms with van der Waals surface area (Å²) in [5.41, 5.74) is 2.02.